The van der Waals surface area contributed by atoms with E-state index in [0.717, 1.165) is 10.2 Å². The van der Waals surface area contributed by atoms with Crippen LogP contribution in [-0.2, 0) is 14.8 Å². The summed E-state index contributed by atoms with van der Waals surface area (Å²) in [6.07, 6.45) is 0. The Labute approximate surface area is 143 Å². The maximum absolute atomic E-state index is 12.1. The monoisotopic (exact) mass is 397 g/mol. The number of nitrogens with zero attached hydrogens (tertiary/aromatic N) is 1. The molecule has 23 heavy (non-hydrogen) atoms. The Morgan fingerprint density at radius 1 is 1.22 bits per heavy atom. The van der Waals surface area contributed by atoms with Gasteiger partial charge < -0.3 is 10.2 Å². The lowest BCUT2D eigenvalue weighted by atomic mass is 10.3. The van der Waals surface area contributed by atoms with Crippen LogP contribution in [0.4, 0.5) is 11.4 Å². The van der Waals surface area contributed by atoms with E-state index < -0.39 is 10.0 Å². The molecule has 1 amide bonds. The lowest BCUT2D eigenvalue weighted by Gasteiger charge is -2.19. The highest BCUT2D eigenvalue weighted by atomic mass is 79.9. The number of anilines is 2. The summed E-state index contributed by atoms with van der Waals surface area (Å²) in [5.41, 5.74) is 1.41. The number of hydrogen-bond acceptors (Lipinski definition) is 4. The third-order valence-corrected chi connectivity index (χ3v) is 4.52. The van der Waals surface area contributed by atoms with Crippen molar-refractivity contribution in [2.75, 3.05) is 23.8 Å². The maximum Gasteiger partial charge on any atom is 0.243 e. The lowest BCUT2D eigenvalue weighted by molar-refractivity contribution is -0.114. The number of hydrogen-bond donors (Lipinski definition) is 2. The Balaban J connectivity index is 1.99. The summed E-state index contributed by atoms with van der Waals surface area (Å²) in [6, 6.07) is 13.3. The Morgan fingerprint density at radius 3 is 2.43 bits per heavy atom. The Bertz CT molecular complexity index is 807. The summed E-state index contributed by atoms with van der Waals surface area (Å²) in [7, 11) is -1.92. The van der Waals surface area contributed by atoms with Crippen molar-refractivity contribution in [2.45, 2.75) is 4.90 Å². The first-order chi connectivity index (χ1) is 10.8. The normalized spacial score (nSPS) is 11.1. The average Bonchev–Trinajstić information content (AvgIpc) is 2.46. The number of benzene rings is 2. The van der Waals surface area contributed by atoms with E-state index in [-0.39, 0.29) is 17.3 Å². The van der Waals surface area contributed by atoms with Crippen molar-refractivity contribution in [3.8, 4) is 0 Å². The van der Waals surface area contributed by atoms with Gasteiger partial charge in [0.15, 0.2) is 0 Å². The molecular formula is C15H16BrN3O3S. The SMILES string of the molecule is CN(CC(=O)Nc1ccc(S(N)(=O)=O)cc1)c1cccc(Br)c1. The van der Waals surface area contributed by atoms with Gasteiger partial charge in [-0.05, 0) is 42.5 Å². The van der Waals surface area contributed by atoms with Crippen molar-refractivity contribution >= 4 is 43.2 Å². The molecule has 0 aromatic heterocycles. The molecule has 0 fully saturated rings. The second-order valence-corrected chi connectivity index (χ2v) is 7.43. The van der Waals surface area contributed by atoms with Crippen molar-refractivity contribution in [3.05, 3.63) is 53.0 Å². The molecule has 0 saturated carbocycles. The number of likely N-dealkylation sites (N-methyl/N-ethyl adjacent to an activating group) is 1. The van der Waals surface area contributed by atoms with Gasteiger partial charge in [0.05, 0.1) is 11.4 Å². The van der Waals surface area contributed by atoms with Crippen molar-refractivity contribution in [3.63, 3.8) is 0 Å². The van der Waals surface area contributed by atoms with Crippen molar-refractivity contribution in [1.82, 2.24) is 0 Å². The van der Waals surface area contributed by atoms with Crippen LogP contribution in [0, 0.1) is 0 Å². The van der Waals surface area contributed by atoms with Crippen LogP contribution in [0.3, 0.4) is 0 Å². The van der Waals surface area contributed by atoms with Crippen LogP contribution in [-0.4, -0.2) is 27.9 Å². The van der Waals surface area contributed by atoms with Crippen LogP contribution in [0.1, 0.15) is 0 Å². The van der Waals surface area contributed by atoms with Crippen LogP contribution in [0.5, 0.6) is 0 Å². The summed E-state index contributed by atoms with van der Waals surface area (Å²) in [6.45, 7) is 0.160. The largest absolute Gasteiger partial charge is 0.365 e. The van der Waals surface area contributed by atoms with Crippen molar-refractivity contribution in [1.29, 1.82) is 0 Å². The third kappa shape index (κ3) is 5.05. The maximum atomic E-state index is 12.1. The van der Waals surface area contributed by atoms with Gasteiger partial charge in [0, 0.05) is 22.9 Å². The molecule has 0 spiro atoms. The van der Waals surface area contributed by atoms with Crippen LogP contribution in [0.15, 0.2) is 57.9 Å². The van der Waals surface area contributed by atoms with Gasteiger partial charge in [0.1, 0.15) is 0 Å². The van der Waals surface area contributed by atoms with Gasteiger partial charge in [-0.15, -0.1) is 0 Å². The molecule has 0 saturated heterocycles. The predicted molar refractivity (Wildman–Crippen MR) is 93.9 cm³/mol. The zero-order chi connectivity index (χ0) is 17.0. The van der Waals surface area contributed by atoms with Crippen LogP contribution in [0.2, 0.25) is 0 Å². The number of halogens is 1. The minimum Gasteiger partial charge on any atom is -0.365 e. The lowest BCUT2D eigenvalue weighted by Crippen LogP contribution is -2.30. The molecule has 8 heteroatoms. The first-order valence-electron chi connectivity index (χ1n) is 6.65. The van der Waals surface area contributed by atoms with E-state index in [2.05, 4.69) is 21.2 Å². The Morgan fingerprint density at radius 2 is 1.87 bits per heavy atom. The van der Waals surface area contributed by atoms with Gasteiger partial charge in [-0.2, -0.15) is 0 Å². The molecule has 0 aliphatic heterocycles. The topological polar surface area (TPSA) is 92.5 Å². The second kappa shape index (κ2) is 7.12. The fourth-order valence-electron chi connectivity index (χ4n) is 1.95. The number of carbonyl (C=O) groups is 1. The highest BCUT2D eigenvalue weighted by Gasteiger charge is 2.10. The molecule has 2 rings (SSSR count). The van der Waals surface area contributed by atoms with E-state index in [9.17, 15) is 13.2 Å². The molecule has 2 aromatic rings. The molecule has 122 valence electrons. The zero-order valence-corrected chi connectivity index (χ0v) is 14.8. The number of amides is 1. The molecule has 3 N–H and O–H groups in total. The van der Waals surface area contributed by atoms with Crippen LogP contribution >= 0.6 is 15.9 Å². The van der Waals surface area contributed by atoms with E-state index in [4.69, 9.17) is 5.14 Å². The molecule has 2 aromatic carbocycles. The number of nitrogens with two attached hydrogens (primary N) is 1. The highest BCUT2D eigenvalue weighted by molar-refractivity contribution is 9.10. The summed E-state index contributed by atoms with van der Waals surface area (Å²) >= 11 is 3.39. The number of carbonyl (C=O) groups excluding carboxylic acids is 1. The van der Waals surface area contributed by atoms with E-state index in [1.165, 1.54) is 24.3 Å². The molecule has 0 bridgehead atoms. The van der Waals surface area contributed by atoms with Crippen LogP contribution in [0.25, 0.3) is 0 Å². The van der Waals surface area contributed by atoms with E-state index in [1.54, 1.807) is 4.90 Å². The fourth-order valence-corrected chi connectivity index (χ4v) is 2.85. The van der Waals surface area contributed by atoms with E-state index in [1.807, 2.05) is 31.3 Å². The Hall–Kier alpha value is -1.90. The van der Waals surface area contributed by atoms with E-state index >= 15 is 0 Å². The zero-order valence-electron chi connectivity index (χ0n) is 12.4. The summed E-state index contributed by atoms with van der Waals surface area (Å²) in [4.78, 5) is 13.9. The minimum absolute atomic E-state index is 0.00162. The smallest absolute Gasteiger partial charge is 0.243 e. The van der Waals surface area contributed by atoms with Crippen molar-refractivity contribution < 1.29 is 13.2 Å². The van der Waals surface area contributed by atoms with Gasteiger partial charge in [0.2, 0.25) is 15.9 Å². The van der Waals surface area contributed by atoms with Gasteiger partial charge in [-0.25, -0.2) is 13.6 Å². The molecule has 0 radical (unpaired) electrons. The third-order valence-electron chi connectivity index (χ3n) is 3.10. The average molecular weight is 398 g/mol. The second-order valence-electron chi connectivity index (χ2n) is 4.95. The molecule has 0 aliphatic rings. The standard InChI is InChI=1S/C15H16BrN3O3S/c1-19(13-4-2-3-11(16)9-13)10-15(20)18-12-5-7-14(8-6-12)23(17,21)22/h2-9H,10H2,1H3,(H,18,20)(H2,17,21,22). The number of primary sulfonamides is 1. The van der Waals surface area contributed by atoms with Crippen molar-refractivity contribution in [2.24, 2.45) is 5.14 Å². The first kappa shape index (κ1) is 17.5. The van der Waals surface area contributed by atoms with Gasteiger partial charge in [-0.1, -0.05) is 22.0 Å². The molecular weight excluding hydrogens is 382 g/mol. The number of rotatable bonds is 5. The quantitative estimate of drug-likeness (QED) is 0.808. The molecule has 0 heterocycles. The molecule has 0 atom stereocenters. The number of sulfonamides is 1. The molecule has 0 unspecified atom stereocenters. The first-order valence-corrected chi connectivity index (χ1v) is 8.99. The van der Waals surface area contributed by atoms with Gasteiger partial charge in [-0.3, -0.25) is 4.79 Å². The highest BCUT2D eigenvalue weighted by Crippen LogP contribution is 2.19. The fraction of sp³-hybridized carbons (Fsp3) is 0.133. The predicted octanol–water partition coefficient (Wildman–Crippen LogP) is 2.17. The summed E-state index contributed by atoms with van der Waals surface area (Å²) in [5, 5.41) is 7.73. The van der Waals surface area contributed by atoms with E-state index in [0.29, 0.717) is 5.69 Å². The molecule has 0 aliphatic carbocycles. The number of nitrogens with one attached hydrogen (secondary N) is 1. The van der Waals surface area contributed by atoms with Crippen LogP contribution < -0.4 is 15.4 Å². The summed E-state index contributed by atoms with van der Waals surface area (Å²) < 4.78 is 23.3. The summed E-state index contributed by atoms with van der Waals surface area (Å²) in [5.74, 6) is -0.212. The van der Waals surface area contributed by atoms with Gasteiger partial charge >= 0.3 is 0 Å². The Kier molecular flexibility index (Phi) is 5.40. The molecule has 6 nitrogen and oxygen atoms in total. The van der Waals surface area contributed by atoms with Gasteiger partial charge in [0.25, 0.3) is 0 Å². The minimum atomic E-state index is -3.73.